The number of nitrogens with one attached hydrogen (secondary N) is 1. The van der Waals surface area contributed by atoms with Crippen molar-refractivity contribution in [1.82, 2.24) is 5.32 Å². The van der Waals surface area contributed by atoms with E-state index in [2.05, 4.69) is 55.3 Å². The monoisotopic (exact) mass is 272 g/mol. The van der Waals surface area contributed by atoms with Gasteiger partial charge in [0, 0.05) is 30.9 Å². The molecule has 2 nitrogen and oxygen atoms in total. The number of rotatable bonds is 3. The molecule has 2 heteroatoms. The Morgan fingerprint density at radius 1 is 1.05 bits per heavy atom. The fourth-order valence-electron chi connectivity index (χ4n) is 3.30. The molecular formula is C18H28N2. The Labute approximate surface area is 123 Å². The molecule has 1 unspecified atom stereocenters. The Kier molecular flexibility index (Phi) is 3.76. The summed E-state index contributed by atoms with van der Waals surface area (Å²) in [5, 5.41) is 3.81. The molecular weight excluding hydrogens is 244 g/mol. The Morgan fingerprint density at radius 3 is 2.50 bits per heavy atom. The lowest BCUT2D eigenvalue weighted by molar-refractivity contribution is 0.418. The second-order valence-corrected chi connectivity index (χ2v) is 7.49. The lowest BCUT2D eigenvalue weighted by Gasteiger charge is -2.38. The predicted molar refractivity (Wildman–Crippen MR) is 86.5 cm³/mol. The standard InChI is InChI=1S/C18H28N2/c1-18(2,3)16-8-4-5-9-17(16)20-12-6-7-15(13-20)19-14-10-11-14/h4-5,8-9,14-15,19H,6-7,10-13H2,1-3H3. The number of benzene rings is 1. The van der Waals surface area contributed by atoms with Crippen LogP contribution in [-0.2, 0) is 5.41 Å². The van der Waals surface area contributed by atoms with Gasteiger partial charge in [-0.25, -0.2) is 0 Å². The van der Waals surface area contributed by atoms with Crippen LogP contribution in [0.3, 0.4) is 0 Å². The van der Waals surface area contributed by atoms with Crippen LogP contribution in [0, 0.1) is 0 Å². The van der Waals surface area contributed by atoms with Gasteiger partial charge < -0.3 is 10.2 Å². The molecule has 1 N–H and O–H groups in total. The van der Waals surface area contributed by atoms with Crippen LogP contribution >= 0.6 is 0 Å². The normalized spacial score (nSPS) is 23.9. The minimum atomic E-state index is 0.216. The highest BCUT2D eigenvalue weighted by molar-refractivity contribution is 5.56. The number of anilines is 1. The third kappa shape index (κ3) is 3.17. The van der Waals surface area contributed by atoms with Crippen molar-refractivity contribution in [2.24, 2.45) is 0 Å². The lowest BCUT2D eigenvalue weighted by atomic mass is 9.85. The SMILES string of the molecule is CC(C)(C)c1ccccc1N1CCCC(NC2CC2)C1. The highest BCUT2D eigenvalue weighted by Crippen LogP contribution is 2.33. The minimum absolute atomic E-state index is 0.216. The van der Waals surface area contributed by atoms with Gasteiger partial charge in [-0.15, -0.1) is 0 Å². The van der Waals surface area contributed by atoms with Gasteiger partial charge >= 0.3 is 0 Å². The van der Waals surface area contributed by atoms with Gasteiger partial charge in [0.05, 0.1) is 0 Å². The summed E-state index contributed by atoms with van der Waals surface area (Å²) in [6, 6.07) is 10.5. The quantitative estimate of drug-likeness (QED) is 0.902. The van der Waals surface area contributed by atoms with Crippen molar-refractivity contribution in [2.45, 2.75) is 64.0 Å². The molecule has 1 aromatic rings. The average Bonchev–Trinajstić information content (AvgIpc) is 3.22. The molecule has 1 heterocycles. The summed E-state index contributed by atoms with van der Waals surface area (Å²) < 4.78 is 0. The van der Waals surface area contributed by atoms with Crippen LogP contribution in [0.15, 0.2) is 24.3 Å². The Balaban J connectivity index is 1.77. The van der Waals surface area contributed by atoms with Crippen LogP contribution in [0.1, 0.15) is 52.0 Å². The lowest BCUT2D eigenvalue weighted by Crippen LogP contribution is -2.47. The van der Waals surface area contributed by atoms with Gasteiger partial charge in [0.25, 0.3) is 0 Å². The Bertz CT molecular complexity index is 457. The highest BCUT2D eigenvalue weighted by atomic mass is 15.2. The van der Waals surface area contributed by atoms with Crippen LogP contribution in [0.5, 0.6) is 0 Å². The van der Waals surface area contributed by atoms with Crippen molar-refractivity contribution < 1.29 is 0 Å². The predicted octanol–water partition coefficient (Wildman–Crippen LogP) is 3.70. The van der Waals surface area contributed by atoms with Crippen LogP contribution in [-0.4, -0.2) is 25.2 Å². The van der Waals surface area contributed by atoms with Crippen LogP contribution < -0.4 is 10.2 Å². The zero-order valence-corrected chi connectivity index (χ0v) is 13.2. The molecule has 3 rings (SSSR count). The molecule has 20 heavy (non-hydrogen) atoms. The largest absolute Gasteiger partial charge is 0.370 e. The summed E-state index contributed by atoms with van der Waals surface area (Å²) in [5.74, 6) is 0. The number of hydrogen-bond acceptors (Lipinski definition) is 2. The van der Waals surface area contributed by atoms with Crippen molar-refractivity contribution in [2.75, 3.05) is 18.0 Å². The highest BCUT2D eigenvalue weighted by Gasteiger charge is 2.29. The topological polar surface area (TPSA) is 15.3 Å². The third-order valence-corrected chi connectivity index (χ3v) is 4.52. The van der Waals surface area contributed by atoms with Gasteiger partial charge in [0.2, 0.25) is 0 Å². The number of piperidine rings is 1. The van der Waals surface area contributed by atoms with E-state index in [1.165, 1.54) is 50.0 Å². The first-order valence-electron chi connectivity index (χ1n) is 8.14. The maximum atomic E-state index is 3.81. The molecule has 2 aliphatic rings. The maximum Gasteiger partial charge on any atom is 0.0404 e. The molecule has 1 atom stereocenters. The summed E-state index contributed by atoms with van der Waals surface area (Å²) in [7, 11) is 0. The second kappa shape index (κ2) is 5.40. The van der Waals surface area contributed by atoms with Crippen LogP contribution in [0.25, 0.3) is 0 Å². The van der Waals surface area contributed by atoms with E-state index in [0.29, 0.717) is 6.04 Å². The van der Waals surface area contributed by atoms with Gasteiger partial charge in [-0.1, -0.05) is 39.0 Å². The first-order chi connectivity index (χ1) is 9.54. The van der Waals surface area contributed by atoms with Crippen molar-refractivity contribution in [3.05, 3.63) is 29.8 Å². The van der Waals surface area contributed by atoms with E-state index >= 15 is 0 Å². The van der Waals surface area contributed by atoms with E-state index < -0.39 is 0 Å². The Hall–Kier alpha value is -1.02. The van der Waals surface area contributed by atoms with Gasteiger partial charge in [-0.05, 0) is 42.7 Å². The molecule has 2 fully saturated rings. The molecule has 0 radical (unpaired) electrons. The summed E-state index contributed by atoms with van der Waals surface area (Å²) in [4.78, 5) is 2.60. The molecule has 1 aliphatic carbocycles. The molecule has 1 saturated heterocycles. The van der Waals surface area contributed by atoms with Gasteiger partial charge in [-0.3, -0.25) is 0 Å². The molecule has 0 bridgehead atoms. The van der Waals surface area contributed by atoms with Gasteiger partial charge in [-0.2, -0.15) is 0 Å². The summed E-state index contributed by atoms with van der Waals surface area (Å²) in [5.41, 5.74) is 3.14. The van der Waals surface area contributed by atoms with Crippen LogP contribution in [0.4, 0.5) is 5.69 Å². The average molecular weight is 272 g/mol. The van der Waals surface area contributed by atoms with Crippen molar-refractivity contribution >= 4 is 5.69 Å². The van der Waals surface area contributed by atoms with Crippen molar-refractivity contribution in [1.29, 1.82) is 0 Å². The van der Waals surface area contributed by atoms with E-state index in [1.54, 1.807) is 0 Å². The maximum absolute atomic E-state index is 3.81. The fraction of sp³-hybridized carbons (Fsp3) is 0.667. The summed E-state index contributed by atoms with van der Waals surface area (Å²) >= 11 is 0. The number of nitrogens with zero attached hydrogens (tertiary/aromatic N) is 1. The van der Waals surface area contributed by atoms with Crippen LogP contribution in [0.2, 0.25) is 0 Å². The summed E-state index contributed by atoms with van der Waals surface area (Å²) in [6.07, 6.45) is 5.41. The molecule has 110 valence electrons. The molecule has 1 aliphatic heterocycles. The van der Waals surface area contributed by atoms with E-state index in [4.69, 9.17) is 0 Å². The van der Waals surface area contributed by atoms with E-state index in [9.17, 15) is 0 Å². The number of hydrogen-bond donors (Lipinski definition) is 1. The first-order valence-corrected chi connectivity index (χ1v) is 8.14. The molecule has 0 amide bonds. The minimum Gasteiger partial charge on any atom is -0.370 e. The van der Waals surface area contributed by atoms with Gasteiger partial charge in [0.1, 0.15) is 0 Å². The van der Waals surface area contributed by atoms with Crippen molar-refractivity contribution in [3.63, 3.8) is 0 Å². The van der Waals surface area contributed by atoms with Gasteiger partial charge in [0.15, 0.2) is 0 Å². The molecule has 0 aromatic heterocycles. The van der Waals surface area contributed by atoms with E-state index in [1.807, 2.05) is 0 Å². The second-order valence-electron chi connectivity index (χ2n) is 7.49. The number of para-hydroxylation sites is 1. The van der Waals surface area contributed by atoms with Crippen molar-refractivity contribution in [3.8, 4) is 0 Å². The molecule has 1 saturated carbocycles. The summed E-state index contributed by atoms with van der Waals surface area (Å²) in [6.45, 7) is 9.32. The van der Waals surface area contributed by atoms with E-state index in [-0.39, 0.29) is 5.41 Å². The third-order valence-electron chi connectivity index (χ3n) is 4.52. The smallest absolute Gasteiger partial charge is 0.0404 e. The molecule has 0 spiro atoms. The Morgan fingerprint density at radius 2 is 1.80 bits per heavy atom. The zero-order chi connectivity index (χ0) is 14.2. The molecule has 1 aromatic carbocycles. The fourth-order valence-corrected chi connectivity index (χ4v) is 3.30. The van der Waals surface area contributed by atoms with E-state index in [0.717, 1.165) is 6.04 Å². The zero-order valence-electron chi connectivity index (χ0n) is 13.2. The first kappa shape index (κ1) is 13.9.